The highest BCUT2D eigenvalue weighted by atomic mass is 16.5. The van der Waals surface area contributed by atoms with Crippen molar-refractivity contribution in [2.24, 2.45) is 22.5 Å². The first-order chi connectivity index (χ1) is 8.27. The lowest BCUT2D eigenvalue weighted by Gasteiger charge is -2.51. The van der Waals surface area contributed by atoms with Crippen molar-refractivity contribution in [1.82, 2.24) is 0 Å². The second kappa shape index (κ2) is 5.60. The van der Waals surface area contributed by atoms with Crippen molar-refractivity contribution in [2.75, 3.05) is 7.11 Å². The zero-order chi connectivity index (χ0) is 14.0. The van der Waals surface area contributed by atoms with Gasteiger partial charge < -0.3 is 10.5 Å². The van der Waals surface area contributed by atoms with Crippen LogP contribution in [0.25, 0.3) is 0 Å². The van der Waals surface area contributed by atoms with Crippen molar-refractivity contribution in [3.05, 3.63) is 0 Å². The quantitative estimate of drug-likeness (QED) is 0.785. The summed E-state index contributed by atoms with van der Waals surface area (Å²) < 4.78 is 4.88. The molecule has 0 radical (unpaired) electrons. The van der Waals surface area contributed by atoms with Crippen molar-refractivity contribution in [3.8, 4) is 0 Å². The highest BCUT2D eigenvalue weighted by Gasteiger charge is 2.48. The number of ether oxygens (including phenoxy) is 1. The van der Waals surface area contributed by atoms with E-state index in [0.717, 1.165) is 25.7 Å². The van der Waals surface area contributed by atoms with Gasteiger partial charge in [-0.15, -0.1) is 0 Å². The molecule has 1 rings (SSSR count). The molecule has 0 saturated heterocycles. The van der Waals surface area contributed by atoms with E-state index in [9.17, 15) is 4.79 Å². The molecule has 0 aromatic rings. The number of methoxy groups -OCH3 is 1. The predicted octanol–water partition coefficient (Wildman–Crippen LogP) is 3.12. The number of hydrogen-bond donors (Lipinski definition) is 1. The molecule has 3 nitrogen and oxygen atoms in total. The van der Waals surface area contributed by atoms with Gasteiger partial charge in [0.15, 0.2) is 0 Å². The van der Waals surface area contributed by atoms with E-state index in [1.807, 2.05) is 0 Å². The Morgan fingerprint density at radius 2 is 2.06 bits per heavy atom. The minimum Gasteiger partial charge on any atom is -0.469 e. The van der Waals surface area contributed by atoms with Crippen LogP contribution in [0, 0.1) is 16.7 Å². The molecule has 3 unspecified atom stereocenters. The van der Waals surface area contributed by atoms with Gasteiger partial charge in [0.2, 0.25) is 0 Å². The molecule has 3 atom stereocenters. The Balaban J connectivity index is 2.95. The molecule has 0 heterocycles. The largest absolute Gasteiger partial charge is 0.469 e. The third-order valence-corrected chi connectivity index (χ3v) is 4.99. The first-order valence-electron chi connectivity index (χ1n) is 7.10. The highest BCUT2D eigenvalue weighted by molar-refractivity contribution is 5.70. The van der Waals surface area contributed by atoms with E-state index in [0.29, 0.717) is 17.8 Å². The Bertz CT molecular complexity index is 301. The van der Waals surface area contributed by atoms with Crippen molar-refractivity contribution in [2.45, 2.75) is 65.8 Å². The summed E-state index contributed by atoms with van der Waals surface area (Å²) in [5.74, 6) is 0.348. The van der Waals surface area contributed by atoms with Crippen molar-refractivity contribution in [3.63, 3.8) is 0 Å². The molecule has 0 spiro atoms. The molecule has 106 valence electrons. The van der Waals surface area contributed by atoms with Gasteiger partial charge in [-0.1, -0.05) is 27.7 Å². The standard InChI is InChI=1S/C15H29NO2/c1-6-12(16)15(10-13(17)18-5)8-7-14(3,4)9-11(15)2/h11-12H,6-10,16H2,1-5H3. The van der Waals surface area contributed by atoms with Gasteiger partial charge in [0, 0.05) is 6.04 Å². The minimum atomic E-state index is -0.120. The van der Waals surface area contributed by atoms with Crippen molar-refractivity contribution < 1.29 is 9.53 Å². The van der Waals surface area contributed by atoms with E-state index in [4.69, 9.17) is 10.5 Å². The zero-order valence-electron chi connectivity index (χ0n) is 12.6. The molecule has 1 fully saturated rings. The monoisotopic (exact) mass is 255 g/mol. The average Bonchev–Trinajstić information content (AvgIpc) is 2.31. The van der Waals surface area contributed by atoms with E-state index < -0.39 is 0 Å². The minimum absolute atomic E-state index is 0.0721. The summed E-state index contributed by atoms with van der Waals surface area (Å²) in [6, 6.07) is 0.0858. The molecule has 1 saturated carbocycles. The molecule has 0 amide bonds. The Morgan fingerprint density at radius 1 is 1.44 bits per heavy atom. The molecular formula is C15H29NO2. The van der Waals surface area contributed by atoms with Gasteiger partial charge >= 0.3 is 5.97 Å². The lowest BCUT2D eigenvalue weighted by Crippen LogP contribution is -2.51. The number of carbonyl (C=O) groups is 1. The van der Waals surface area contributed by atoms with Gasteiger partial charge in [-0.3, -0.25) is 4.79 Å². The van der Waals surface area contributed by atoms with Crippen LogP contribution in [0.3, 0.4) is 0 Å². The molecule has 3 heteroatoms. The Hall–Kier alpha value is -0.570. The van der Waals surface area contributed by atoms with Crippen LogP contribution < -0.4 is 5.73 Å². The summed E-state index contributed by atoms with van der Waals surface area (Å²) in [4.78, 5) is 11.7. The molecule has 1 aliphatic carbocycles. The van der Waals surface area contributed by atoms with Crippen LogP contribution in [-0.2, 0) is 9.53 Å². The molecule has 0 aliphatic heterocycles. The molecule has 18 heavy (non-hydrogen) atoms. The summed E-state index contributed by atoms with van der Waals surface area (Å²) in [6.45, 7) is 8.97. The smallest absolute Gasteiger partial charge is 0.306 e. The molecule has 0 aromatic heterocycles. The van der Waals surface area contributed by atoms with Gasteiger partial charge in [0.25, 0.3) is 0 Å². The third kappa shape index (κ3) is 3.05. The lowest BCUT2D eigenvalue weighted by molar-refractivity contribution is -0.147. The fourth-order valence-electron chi connectivity index (χ4n) is 3.64. The van der Waals surface area contributed by atoms with Crippen LogP contribution in [0.15, 0.2) is 0 Å². The Kier molecular flexibility index (Phi) is 4.82. The van der Waals surface area contributed by atoms with Gasteiger partial charge in [-0.25, -0.2) is 0 Å². The summed E-state index contributed by atoms with van der Waals surface area (Å²) in [5, 5.41) is 0. The predicted molar refractivity (Wildman–Crippen MR) is 74.1 cm³/mol. The number of hydrogen-bond acceptors (Lipinski definition) is 3. The van der Waals surface area contributed by atoms with Gasteiger partial charge in [0.1, 0.15) is 0 Å². The van der Waals surface area contributed by atoms with Crippen LogP contribution in [0.5, 0.6) is 0 Å². The van der Waals surface area contributed by atoms with E-state index in [1.54, 1.807) is 0 Å². The Labute approximate surface area is 111 Å². The lowest BCUT2D eigenvalue weighted by atomic mass is 9.55. The van der Waals surface area contributed by atoms with Crippen LogP contribution in [0.1, 0.15) is 59.8 Å². The van der Waals surface area contributed by atoms with Crippen LogP contribution in [-0.4, -0.2) is 19.1 Å². The molecular weight excluding hydrogens is 226 g/mol. The van der Waals surface area contributed by atoms with Crippen LogP contribution in [0.4, 0.5) is 0 Å². The topological polar surface area (TPSA) is 52.3 Å². The average molecular weight is 255 g/mol. The third-order valence-electron chi connectivity index (χ3n) is 4.99. The molecule has 0 aromatic carbocycles. The van der Waals surface area contributed by atoms with E-state index in [-0.39, 0.29) is 17.4 Å². The second-order valence-corrected chi connectivity index (χ2v) is 6.77. The summed E-state index contributed by atoms with van der Waals surface area (Å²) in [6.07, 6.45) is 4.70. The highest BCUT2D eigenvalue weighted by Crippen LogP contribution is 2.52. The van der Waals surface area contributed by atoms with Gasteiger partial charge in [-0.05, 0) is 42.4 Å². The fraction of sp³-hybridized carbons (Fsp3) is 0.933. The Morgan fingerprint density at radius 3 is 2.50 bits per heavy atom. The van der Waals surface area contributed by atoms with Crippen molar-refractivity contribution >= 4 is 5.97 Å². The number of esters is 1. The van der Waals surface area contributed by atoms with Gasteiger partial charge in [-0.2, -0.15) is 0 Å². The zero-order valence-corrected chi connectivity index (χ0v) is 12.6. The fourth-order valence-corrected chi connectivity index (χ4v) is 3.64. The van der Waals surface area contributed by atoms with Crippen molar-refractivity contribution in [1.29, 1.82) is 0 Å². The summed E-state index contributed by atoms with van der Waals surface area (Å²) in [7, 11) is 1.46. The SMILES string of the molecule is CCC(N)C1(CC(=O)OC)CCC(C)(C)CC1C. The van der Waals surface area contributed by atoms with Crippen LogP contribution in [0.2, 0.25) is 0 Å². The van der Waals surface area contributed by atoms with E-state index in [1.165, 1.54) is 7.11 Å². The maximum absolute atomic E-state index is 11.7. The maximum Gasteiger partial charge on any atom is 0.306 e. The molecule has 0 bridgehead atoms. The number of carbonyl (C=O) groups excluding carboxylic acids is 1. The maximum atomic E-state index is 11.7. The number of nitrogens with two attached hydrogens (primary N) is 1. The first-order valence-corrected chi connectivity index (χ1v) is 7.10. The summed E-state index contributed by atoms with van der Waals surface area (Å²) >= 11 is 0. The van der Waals surface area contributed by atoms with E-state index >= 15 is 0 Å². The second-order valence-electron chi connectivity index (χ2n) is 6.77. The summed E-state index contributed by atoms with van der Waals surface area (Å²) in [5.41, 5.74) is 6.65. The molecule has 2 N–H and O–H groups in total. The normalized spacial score (nSPS) is 32.9. The van der Waals surface area contributed by atoms with Crippen LogP contribution >= 0.6 is 0 Å². The number of rotatable bonds is 4. The first kappa shape index (κ1) is 15.5. The van der Waals surface area contributed by atoms with E-state index in [2.05, 4.69) is 27.7 Å². The van der Waals surface area contributed by atoms with Gasteiger partial charge in [0.05, 0.1) is 13.5 Å². The molecule has 1 aliphatic rings.